The first-order chi connectivity index (χ1) is 10.2. The summed E-state index contributed by atoms with van der Waals surface area (Å²) in [5, 5.41) is 10.2. The van der Waals surface area contributed by atoms with Crippen LogP contribution in [0.1, 0.15) is 70.0 Å². The molecule has 2 rings (SSSR count). The van der Waals surface area contributed by atoms with Gasteiger partial charge in [-0.3, -0.25) is 4.98 Å². The smallest absolute Gasteiger partial charge is 0.408 e. The van der Waals surface area contributed by atoms with E-state index in [-0.39, 0.29) is 0 Å². The van der Waals surface area contributed by atoms with Crippen LogP contribution >= 0.6 is 0 Å². The first-order valence-electron chi connectivity index (χ1n) is 8.01. The fourth-order valence-corrected chi connectivity index (χ4v) is 2.63. The van der Waals surface area contributed by atoms with Crippen LogP contribution in [0, 0.1) is 0 Å². The Hall–Kier alpha value is -1.55. The molecule has 0 fully saturated rings. The molecule has 0 radical (unpaired) electrons. The topological polar surface area (TPSA) is 66.2 Å². The van der Waals surface area contributed by atoms with E-state index in [0.717, 1.165) is 18.4 Å². The van der Waals surface area contributed by atoms with E-state index in [0.29, 0.717) is 11.1 Å². The van der Waals surface area contributed by atoms with Crippen molar-refractivity contribution >= 4 is 11.1 Å². The zero-order chi connectivity index (χ0) is 15.1. The van der Waals surface area contributed by atoms with E-state index in [1.807, 2.05) is 6.07 Å². The molecule has 1 aromatic carbocycles. The maximum absolute atomic E-state index is 11.1. The number of hydrogen-bond acceptors (Lipinski definition) is 3. The number of hydrogen-bond donors (Lipinski definition) is 2. The van der Waals surface area contributed by atoms with Crippen LogP contribution in [0.3, 0.4) is 0 Å². The van der Waals surface area contributed by atoms with E-state index in [9.17, 15) is 9.90 Å². The molecule has 0 bridgehead atoms. The second kappa shape index (κ2) is 8.03. The number of nitrogens with one attached hydrogen (secondary N) is 1. The van der Waals surface area contributed by atoms with Gasteiger partial charge in [0.25, 0.3) is 0 Å². The number of H-pyrrole nitrogens is 1. The summed E-state index contributed by atoms with van der Waals surface area (Å²) in [6.45, 7) is 2.22. The molecule has 1 aromatic heterocycles. The van der Waals surface area contributed by atoms with Crippen molar-refractivity contribution in [2.75, 3.05) is 0 Å². The van der Waals surface area contributed by atoms with Gasteiger partial charge in [-0.05, 0) is 24.1 Å². The van der Waals surface area contributed by atoms with Crippen LogP contribution in [0.15, 0.2) is 27.4 Å². The van der Waals surface area contributed by atoms with Crippen molar-refractivity contribution in [1.82, 2.24) is 4.98 Å². The highest BCUT2D eigenvalue weighted by atomic mass is 16.4. The van der Waals surface area contributed by atoms with Crippen molar-refractivity contribution in [2.24, 2.45) is 0 Å². The second-order valence-electron chi connectivity index (χ2n) is 5.70. The number of oxazole rings is 1. The molecular weight excluding hydrogens is 266 g/mol. The highest BCUT2D eigenvalue weighted by molar-refractivity contribution is 5.72. The van der Waals surface area contributed by atoms with E-state index in [2.05, 4.69) is 11.9 Å². The lowest BCUT2D eigenvalue weighted by atomic mass is 10.0. The molecule has 116 valence electrons. The summed E-state index contributed by atoms with van der Waals surface area (Å²) >= 11 is 0. The van der Waals surface area contributed by atoms with Gasteiger partial charge in [0.2, 0.25) is 0 Å². The Bertz CT molecular complexity index is 599. The largest absolute Gasteiger partial charge is 0.417 e. The van der Waals surface area contributed by atoms with Crippen LogP contribution in [0.5, 0.6) is 0 Å². The zero-order valence-corrected chi connectivity index (χ0v) is 12.7. The van der Waals surface area contributed by atoms with Crippen molar-refractivity contribution in [3.63, 3.8) is 0 Å². The normalized spacial score (nSPS) is 12.9. The SMILES string of the molecule is CCCCCCCCCC(O)c1ccc2[nH]c(=O)oc2c1. The molecular formula is C17H25NO3. The Kier molecular flexibility index (Phi) is 6.05. The van der Waals surface area contributed by atoms with Crippen molar-refractivity contribution in [3.05, 3.63) is 34.3 Å². The van der Waals surface area contributed by atoms with Gasteiger partial charge in [0.05, 0.1) is 11.6 Å². The van der Waals surface area contributed by atoms with Crippen molar-refractivity contribution in [2.45, 2.75) is 64.4 Å². The highest BCUT2D eigenvalue weighted by Crippen LogP contribution is 2.23. The van der Waals surface area contributed by atoms with Gasteiger partial charge >= 0.3 is 5.76 Å². The van der Waals surface area contributed by atoms with Crippen LogP contribution < -0.4 is 5.76 Å². The van der Waals surface area contributed by atoms with Gasteiger partial charge in [-0.15, -0.1) is 0 Å². The minimum absolute atomic E-state index is 0.455. The lowest BCUT2D eigenvalue weighted by Gasteiger charge is -2.10. The average molecular weight is 291 g/mol. The highest BCUT2D eigenvalue weighted by Gasteiger charge is 2.10. The molecule has 0 aliphatic carbocycles. The maximum Gasteiger partial charge on any atom is 0.417 e. The molecule has 2 aromatic rings. The monoisotopic (exact) mass is 291 g/mol. The van der Waals surface area contributed by atoms with Crippen LogP contribution in [-0.2, 0) is 0 Å². The van der Waals surface area contributed by atoms with Crippen LogP contribution in [0.4, 0.5) is 0 Å². The molecule has 4 heteroatoms. The molecule has 4 nitrogen and oxygen atoms in total. The first-order valence-corrected chi connectivity index (χ1v) is 8.01. The number of unbranched alkanes of at least 4 members (excludes halogenated alkanes) is 6. The maximum atomic E-state index is 11.1. The Morgan fingerprint density at radius 2 is 1.86 bits per heavy atom. The number of aromatic amines is 1. The summed E-state index contributed by atoms with van der Waals surface area (Å²) in [5.74, 6) is -0.455. The fraction of sp³-hybridized carbons (Fsp3) is 0.588. The number of aliphatic hydroxyl groups is 1. The molecule has 0 spiro atoms. The minimum Gasteiger partial charge on any atom is -0.408 e. The summed E-state index contributed by atoms with van der Waals surface area (Å²) in [6.07, 6.45) is 8.94. The van der Waals surface area contributed by atoms with E-state index in [1.165, 1.54) is 38.5 Å². The van der Waals surface area contributed by atoms with Crippen molar-refractivity contribution in [3.8, 4) is 0 Å². The molecule has 21 heavy (non-hydrogen) atoms. The molecule has 0 amide bonds. The number of benzene rings is 1. The van der Waals surface area contributed by atoms with Gasteiger partial charge in [0.1, 0.15) is 0 Å². The Labute approximate surface area is 125 Å². The molecule has 1 unspecified atom stereocenters. The standard InChI is InChI=1S/C17H25NO3/c1-2-3-4-5-6-7-8-9-15(19)13-10-11-14-16(12-13)21-17(20)18-14/h10-12,15,19H,2-9H2,1H3,(H,18,20). The summed E-state index contributed by atoms with van der Waals surface area (Å²) < 4.78 is 5.02. The summed E-state index contributed by atoms with van der Waals surface area (Å²) in [5.41, 5.74) is 2.00. The lowest BCUT2D eigenvalue weighted by molar-refractivity contribution is 0.163. The van der Waals surface area contributed by atoms with Gasteiger partial charge in [0, 0.05) is 0 Å². The summed E-state index contributed by atoms with van der Waals surface area (Å²) in [7, 11) is 0. The predicted molar refractivity (Wildman–Crippen MR) is 84.4 cm³/mol. The number of fused-ring (bicyclic) bond motifs is 1. The molecule has 1 heterocycles. The fourth-order valence-electron chi connectivity index (χ4n) is 2.63. The van der Waals surface area contributed by atoms with Gasteiger partial charge in [-0.25, -0.2) is 4.79 Å². The van der Waals surface area contributed by atoms with E-state index in [1.54, 1.807) is 12.1 Å². The summed E-state index contributed by atoms with van der Waals surface area (Å²) in [6, 6.07) is 5.38. The van der Waals surface area contributed by atoms with Crippen LogP contribution in [0.2, 0.25) is 0 Å². The minimum atomic E-state index is -0.481. The summed E-state index contributed by atoms with van der Waals surface area (Å²) in [4.78, 5) is 13.7. The van der Waals surface area contributed by atoms with E-state index < -0.39 is 11.9 Å². The van der Waals surface area contributed by atoms with Crippen molar-refractivity contribution in [1.29, 1.82) is 0 Å². The number of aliphatic hydroxyl groups excluding tert-OH is 1. The van der Waals surface area contributed by atoms with Crippen LogP contribution in [-0.4, -0.2) is 10.1 Å². The predicted octanol–water partition coefficient (Wildman–Crippen LogP) is 4.30. The molecule has 0 saturated heterocycles. The van der Waals surface area contributed by atoms with E-state index >= 15 is 0 Å². The molecule has 0 aliphatic rings. The average Bonchev–Trinajstić information content (AvgIpc) is 2.85. The van der Waals surface area contributed by atoms with Gasteiger partial charge < -0.3 is 9.52 Å². The molecule has 1 atom stereocenters. The number of rotatable bonds is 9. The van der Waals surface area contributed by atoms with Crippen molar-refractivity contribution < 1.29 is 9.52 Å². The lowest BCUT2D eigenvalue weighted by Crippen LogP contribution is -1.97. The van der Waals surface area contributed by atoms with Gasteiger partial charge in [-0.1, -0.05) is 57.9 Å². The molecule has 0 aliphatic heterocycles. The second-order valence-corrected chi connectivity index (χ2v) is 5.70. The van der Waals surface area contributed by atoms with E-state index in [4.69, 9.17) is 4.42 Å². The number of aromatic nitrogens is 1. The zero-order valence-electron chi connectivity index (χ0n) is 12.7. The third-order valence-corrected chi connectivity index (χ3v) is 3.91. The Balaban J connectivity index is 1.76. The van der Waals surface area contributed by atoms with Gasteiger partial charge in [-0.2, -0.15) is 0 Å². The van der Waals surface area contributed by atoms with Crippen LogP contribution in [0.25, 0.3) is 11.1 Å². The molecule has 2 N–H and O–H groups in total. The van der Waals surface area contributed by atoms with Gasteiger partial charge in [0.15, 0.2) is 5.58 Å². The molecule has 0 saturated carbocycles. The third-order valence-electron chi connectivity index (χ3n) is 3.91. The third kappa shape index (κ3) is 4.74. The Morgan fingerprint density at radius 1 is 1.14 bits per heavy atom. The first kappa shape index (κ1) is 15.8. The quantitative estimate of drug-likeness (QED) is 0.677. The Morgan fingerprint density at radius 3 is 2.62 bits per heavy atom.